The van der Waals surface area contributed by atoms with E-state index in [4.69, 9.17) is 16.3 Å². The summed E-state index contributed by atoms with van der Waals surface area (Å²) < 4.78 is 28.7. The van der Waals surface area contributed by atoms with E-state index in [-0.39, 0.29) is 29.4 Å². The molecule has 9 heteroatoms. The first-order valence-corrected chi connectivity index (χ1v) is 10.0. The van der Waals surface area contributed by atoms with Crippen LogP contribution in [-0.4, -0.2) is 56.0 Å². The zero-order valence-electron chi connectivity index (χ0n) is 12.3. The number of nitrogens with zero attached hydrogens (tertiary/aromatic N) is 2. The standard InChI is InChI=1S/C14H15ClN2O4S2/c1-21-6-13(18)16-14-17(10-5-3-2-4-9(10)15)11-7-23(19,20)8-12(11)22-14/h2-5,11-12H,6-8H2,1H3/t11-,12+/m0/s1. The van der Waals surface area contributed by atoms with Crippen LogP contribution in [-0.2, 0) is 19.4 Å². The fourth-order valence-electron chi connectivity index (χ4n) is 2.76. The lowest BCUT2D eigenvalue weighted by atomic mass is 10.2. The molecule has 0 aliphatic carbocycles. The van der Waals surface area contributed by atoms with Gasteiger partial charge in [0, 0.05) is 12.4 Å². The van der Waals surface area contributed by atoms with Crippen LogP contribution in [0, 0.1) is 0 Å². The molecular formula is C14H15ClN2O4S2. The van der Waals surface area contributed by atoms with Crippen LogP contribution in [0.4, 0.5) is 5.69 Å². The van der Waals surface area contributed by atoms with E-state index in [0.29, 0.717) is 15.9 Å². The van der Waals surface area contributed by atoms with Gasteiger partial charge in [0.2, 0.25) is 0 Å². The van der Waals surface area contributed by atoms with Crippen molar-refractivity contribution < 1.29 is 17.9 Å². The van der Waals surface area contributed by atoms with Gasteiger partial charge in [-0.2, -0.15) is 4.99 Å². The molecule has 2 heterocycles. The molecule has 2 aliphatic rings. The van der Waals surface area contributed by atoms with E-state index in [1.807, 2.05) is 6.07 Å². The third-order valence-corrected chi connectivity index (χ3v) is 7.20. The Hall–Kier alpha value is -1.09. The van der Waals surface area contributed by atoms with E-state index in [9.17, 15) is 13.2 Å². The largest absolute Gasteiger partial charge is 0.375 e. The van der Waals surface area contributed by atoms with Gasteiger partial charge in [-0.1, -0.05) is 35.5 Å². The summed E-state index contributed by atoms with van der Waals surface area (Å²) in [6, 6.07) is 6.88. The van der Waals surface area contributed by atoms with Gasteiger partial charge in [-0.05, 0) is 12.1 Å². The summed E-state index contributed by atoms with van der Waals surface area (Å²) in [5, 5.41) is 0.820. The first-order chi connectivity index (χ1) is 10.9. The number of thioether (sulfide) groups is 1. The van der Waals surface area contributed by atoms with Gasteiger partial charge in [0.25, 0.3) is 5.91 Å². The Balaban J connectivity index is 2.01. The van der Waals surface area contributed by atoms with Gasteiger partial charge in [-0.25, -0.2) is 8.42 Å². The van der Waals surface area contributed by atoms with Crippen molar-refractivity contribution in [1.82, 2.24) is 0 Å². The van der Waals surface area contributed by atoms with Crippen LogP contribution in [0.5, 0.6) is 0 Å². The predicted molar refractivity (Wildman–Crippen MR) is 92.1 cm³/mol. The van der Waals surface area contributed by atoms with Gasteiger partial charge in [-0.15, -0.1) is 0 Å². The number of amidine groups is 1. The maximum absolute atomic E-state index is 11.9. The van der Waals surface area contributed by atoms with Gasteiger partial charge < -0.3 is 9.64 Å². The molecule has 124 valence electrons. The second kappa shape index (κ2) is 6.43. The summed E-state index contributed by atoms with van der Waals surface area (Å²) >= 11 is 7.57. The van der Waals surface area contributed by atoms with E-state index < -0.39 is 15.7 Å². The molecule has 0 aromatic heterocycles. The molecule has 1 aromatic carbocycles. The number of carbonyl (C=O) groups excluding carboxylic acids is 1. The molecule has 0 spiro atoms. The van der Waals surface area contributed by atoms with Gasteiger partial charge >= 0.3 is 0 Å². The van der Waals surface area contributed by atoms with Crippen LogP contribution in [0.1, 0.15) is 0 Å². The first-order valence-electron chi connectivity index (χ1n) is 6.92. The normalized spacial score (nSPS) is 27.4. The fourth-order valence-corrected chi connectivity index (χ4v) is 6.91. The van der Waals surface area contributed by atoms with E-state index in [2.05, 4.69) is 4.99 Å². The topological polar surface area (TPSA) is 76.0 Å². The number of carbonyl (C=O) groups is 1. The molecule has 2 saturated heterocycles. The number of anilines is 1. The van der Waals surface area contributed by atoms with Crippen molar-refractivity contribution in [3.8, 4) is 0 Å². The quantitative estimate of drug-likeness (QED) is 0.799. The number of hydrogen-bond acceptors (Lipinski definition) is 5. The number of rotatable bonds is 3. The summed E-state index contributed by atoms with van der Waals surface area (Å²) in [4.78, 5) is 17.7. The minimum Gasteiger partial charge on any atom is -0.375 e. The monoisotopic (exact) mass is 374 g/mol. The SMILES string of the molecule is COCC(=O)N=C1S[C@@H]2CS(=O)(=O)C[C@@H]2N1c1ccccc1Cl. The van der Waals surface area contributed by atoms with Crippen molar-refractivity contribution in [2.24, 2.45) is 4.99 Å². The summed E-state index contributed by atoms with van der Waals surface area (Å²) in [6.07, 6.45) is 0. The molecule has 2 fully saturated rings. The molecular weight excluding hydrogens is 360 g/mol. The van der Waals surface area contributed by atoms with Crippen molar-refractivity contribution in [3.63, 3.8) is 0 Å². The van der Waals surface area contributed by atoms with Crippen molar-refractivity contribution in [2.45, 2.75) is 11.3 Å². The van der Waals surface area contributed by atoms with Gasteiger partial charge in [0.05, 0.1) is 28.3 Å². The predicted octanol–water partition coefficient (Wildman–Crippen LogP) is 1.59. The fraction of sp³-hybridized carbons (Fsp3) is 0.429. The Morgan fingerprint density at radius 1 is 1.43 bits per heavy atom. The van der Waals surface area contributed by atoms with E-state index in [0.717, 1.165) is 0 Å². The van der Waals surface area contributed by atoms with Crippen LogP contribution >= 0.6 is 23.4 Å². The first kappa shape index (κ1) is 16.8. The summed E-state index contributed by atoms with van der Waals surface area (Å²) in [7, 11) is -1.67. The molecule has 0 bridgehead atoms. The number of sulfone groups is 1. The van der Waals surface area contributed by atoms with Crippen molar-refractivity contribution in [3.05, 3.63) is 29.3 Å². The van der Waals surface area contributed by atoms with E-state index in [1.54, 1.807) is 23.1 Å². The van der Waals surface area contributed by atoms with Crippen LogP contribution in [0.15, 0.2) is 29.3 Å². The minimum absolute atomic E-state index is 0.0351. The highest BCUT2D eigenvalue weighted by atomic mass is 35.5. The lowest BCUT2D eigenvalue weighted by Gasteiger charge is -2.25. The second-order valence-corrected chi connectivity index (χ2v) is 9.11. The molecule has 1 aromatic rings. The summed E-state index contributed by atoms with van der Waals surface area (Å²) in [5.41, 5.74) is 0.662. The average molecular weight is 375 g/mol. The molecule has 1 amide bonds. The maximum atomic E-state index is 11.9. The Morgan fingerprint density at radius 2 is 2.17 bits per heavy atom. The zero-order chi connectivity index (χ0) is 16.6. The summed E-state index contributed by atoms with van der Waals surface area (Å²) in [6.45, 7) is -0.117. The minimum atomic E-state index is -3.09. The highest BCUT2D eigenvalue weighted by Gasteiger charge is 2.49. The van der Waals surface area contributed by atoms with E-state index >= 15 is 0 Å². The summed E-state index contributed by atoms with van der Waals surface area (Å²) in [5.74, 6) is -0.288. The number of amides is 1. The number of halogens is 1. The third-order valence-electron chi connectivity index (χ3n) is 3.67. The highest BCUT2D eigenvalue weighted by molar-refractivity contribution is 8.16. The van der Waals surface area contributed by atoms with Crippen molar-refractivity contribution >= 4 is 50.0 Å². The molecule has 0 saturated carbocycles. The van der Waals surface area contributed by atoms with Gasteiger partial charge in [0.1, 0.15) is 6.61 Å². The second-order valence-electron chi connectivity index (χ2n) is 5.34. The molecule has 6 nitrogen and oxygen atoms in total. The van der Waals surface area contributed by atoms with Crippen LogP contribution < -0.4 is 4.90 Å². The number of fused-ring (bicyclic) bond motifs is 1. The zero-order valence-corrected chi connectivity index (χ0v) is 14.7. The molecule has 0 unspecified atom stereocenters. The molecule has 0 N–H and O–H groups in total. The highest BCUT2D eigenvalue weighted by Crippen LogP contribution is 2.42. The lowest BCUT2D eigenvalue weighted by Crippen LogP contribution is -2.38. The number of hydrogen-bond donors (Lipinski definition) is 0. The number of benzene rings is 1. The Bertz CT molecular complexity index is 766. The molecule has 2 aliphatic heterocycles. The van der Waals surface area contributed by atoms with Crippen LogP contribution in [0.2, 0.25) is 5.02 Å². The molecule has 0 radical (unpaired) electrons. The Kier molecular flexibility index (Phi) is 4.68. The number of para-hydroxylation sites is 1. The van der Waals surface area contributed by atoms with E-state index in [1.165, 1.54) is 18.9 Å². The third kappa shape index (κ3) is 3.40. The number of ether oxygens (including phenoxy) is 1. The van der Waals surface area contributed by atoms with Crippen LogP contribution in [0.25, 0.3) is 0 Å². The van der Waals surface area contributed by atoms with Crippen molar-refractivity contribution in [2.75, 3.05) is 30.1 Å². The lowest BCUT2D eigenvalue weighted by molar-refractivity contribution is -0.121. The Labute approximate surface area is 143 Å². The molecule has 2 atom stereocenters. The van der Waals surface area contributed by atoms with Gasteiger partial charge in [-0.3, -0.25) is 4.79 Å². The van der Waals surface area contributed by atoms with Crippen molar-refractivity contribution in [1.29, 1.82) is 0 Å². The Morgan fingerprint density at radius 3 is 2.87 bits per heavy atom. The van der Waals surface area contributed by atoms with Gasteiger partial charge in [0.15, 0.2) is 15.0 Å². The average Bonchev–Trinajstić information content (AvgIpc) is 2.91. The van der Waals surface area contributed by atoms with Crippen LogP contribution in [0.3, 0.4) is 0 Å². The number of aliphatic imine (C=N–C) groups is 1. The smallest absolute Gasteiger partial charge is 0.274 e. The molecule has 3 rings (SSSR count). The number of methoxy groups -OCH3 is 1. The maximum Gasteiger partial charge on any atom is 0.274 e. The molecule has 23 heavy (non-hydrogen) atoms.